The lowest BCUT2D eigenvalue weighted by Gasteiger charge is -2.07. The Labute approximate surface area is 147 Å². The minimum atomic E-state index is -0.245. The number of rotatable bonds is 5. The first-order valence-electron chi connectivity index (χ1n) is 8.08. The van der Waals surface area contributed by atoms with E-state index in [4.69, 9.17) is 9.47 Å². The lowest BCUT2D eigenvalue weighted by Crippen LogP contribution is -2.25. The van der Waals surface area contributed by atoms with E-state index in [0.29, 0.717) is 23.0 Å². The first kappa shape index (κ1) is 16.8. The molecule has 1 amide bonds. The Bertz CT molecular complexity index is 869. The van der Waals surface area contributed by atoms with Crippen LogP contribution < -0.4 is 14.8 Å². The minimum absolute atomic E-state index is 0.245. The summed E-state index contributed by atoms with van der Waals surface area (Å²) in [5, 5.41) is 2.80. The molecular weight excluding hydrogens is 316 g/mol. The molecule has 0 fully saturated rings. The van der Waals surface area contributed by atoms with Crippen molar-refractivity contribution in [3.8, 4) is 11.5 Å². The third kappa shape index (κ3) is 3.40. The monoisotopic (exact) mass is 336 g/mol. The van der Waals surface area contributed by atoms with E-state index in [9.17, 15) is 4.79 Å². The molecule has 0 saturated heterocycles. The van der Waals surface area contributed by atoms with Gasteiger partial charge in [-0.05, 0) is 42.3 Å². The van der Waals surface area contributed by atoms with Crippen LogP contribution in [0.5, 0.6) is 11.5 Å². The number of aryl methyl sites for hydroxylation is 1. The molecule has 1 aliphatic heterocycles. The molecule has 5 heteroatoms. The Balaban J connectivity index is 2.02. The quantitative estimate of drug-likeness (QED) is 0.853. The van der Waals surface area contributed by atoms with Crippen molar-refractivity contribution in [3.63, 3.8) is 0 Å². The van der Waals surface area contributed by atoms with Crippen molar-refractivity contribution in [1.29, 1.82) is 0 Å². The Morgan fingerprint density at radius 1 is 1.08 bits per heavy atom. The maximum atomic E-state index is 12.3. The molecule has 0 spiro atoms. The van der Waals surface area contributed by atoms with Crippen LogP contribution in [0.1, 0.15) is 23.6 Å². The summed E-state index contributed by atoms with van der Waals surface area (Å²) in [5.41, 5.74) is 3.08. The fourth-order valence-electron chi connectivity index (χ4n) is 2.70. The van der Waals surface area contributed by atoms with Gasteiger partial charge in [0.25, 0.3) is 5.91 Å². The van der Waals surface area contributed by atoms with Crippen LogP contribution >= 0.6 is 0 Å². The van der Waals surface area contributed by atoms with Gasteiger partial charge in [-0.3, -0.25) is 4.79 Å². The molecule has 0 unspecified atom stereocenters. The molecule has 0 bridgehead atoms. The Kier molecular flexibility index (Phi) is 4.84. The number of hydrogen-bond acceptors (Lipinski definition) is 4. The highest BCUT2D eigenvalue weighted by Gasteiger charge is 2.23. The smallest absolute Gasteiger partial charge is 0.275 e. The zero-order valence-corrected chi connectivity index (χ0v) is 14.5. The van der Waals surface area contributed by atoms with Crippen molar-refractivity contribution in [2.45, 2.75) is 13.3 Å². The van der Waals surface area contributed by atoms with Crippen LogP contribution in [-0.4, -0.2) is 26.0 Å². The van der Waals surface area contributed by atoms with Crippen LogP contribution in [0.3, 0.4) is 0 Å². The summed E-state index contributed by atoms with van der Waals surface area (Å²) in [6, 6.07) is 13.4. The van der Waals surface area contributed by atoms with E-state index < -0.39 is 0 Å². The van der Waals surface area contributed by atoms with Crippen LogP contribution in [0.15, 0.2) is 53.2 Å². The molecule has 3 rings (SSSR count). The molecule has 128 valence electrons. The highest BCUT2D eigenvalue weighted by Crippen LogP contribution is 2.26. The fraction of sp³-hybridized carbons (Fsp3) is 0.200. The predicted molar refractivity (Wildman–Crippen MR) is 98.0 cm³/mol. The molecule has 1 heterocycles. The number of amides is 1. The normalized spacial score (nSPS) is 15.1. The van der Waals surface area contributed by atoms with Gasteiger partial charge in [-0.25, -0.2) is 4.99 Å². The van der Waals surface area contributed by atoms with Gasteiger partial charge in [0.05, 0.1) is 19.8 Å². The summed E-state index contributed by atoms with van der Waals surface area (Å²) < 4.78 is 10.7. The zero-order chi connectivity index (χ0) is 17.8. The number of aliphatic imine (C=N–C) groups is 1. The number of benzene rings is 2. The highest BCUT2D eigenvalue weighted by atomic mass is 16.5. The second-order valence-electron chi connectivity index (χ2n) is 5.57. The predicted octanol–water partition coefficient (Wildman–Crippen LogP) is 3.18. The van der Waals surface area contributed by atoms with Crippen molar-refractivity contribution in [2.75, 3.05) is 14.2 Å². The van der Waals surface area contributed by atoms with E-state index in [0.717, 1.165) is 17.5 Å². The first-order valence-corrected chi connectivity index (χ1v) is 8.08. The average molecular weight is 336 g/mol. The Morgan fingerprint density at radius 2 is 1.84 bits per heavy atom. The topological polar surface area (TPSA) is 59.9 Å². The van der Waals surface area contributed by atoms with Crippen molar-refractivity contribution < 1.29 is 14.3 Å². The minimum Gasteiger partial charge on any atom is -0.496 e. The zero-order valence-electron chi connectivity index (χ0n) is 14.5. The SMILES string of the molecule is CCc1ccc(OC)c(/C=C2/N=C(c3ccccc3OC)NC2=O)c1. The molecule has 0 aromatic heterocycles. The van der Waals surface area contributed by atoms with E-state index in [2.05, 4.69) is 17.2 Å². The molecule has 0 atom stereocenters. The molecule has 1 aliphatic rings. The Hall–Kier alpha value is -3.08. The Morgan fingerprint density at radius 3 is 2.56 bits per heavy atom. The highest BCUT2D eigenvalue weighted by molar-refractivity contribution is 6.20. The molecule has 2 aromatic carbocycles. The summed E-state index contributed by atoms with van der Waals surface area (Å²) in [6.45, 7) is 2.08. The first-order chi connectivity index (χ1) is 12.2. The lowest BCUT2D eigenvalue weighted by atomic mass is 10.1. The lowest BCUT2D eigenvalue weighted by molar-refractivity contribution is -0.115. The van der Waals surface area contributed by atoms with Gasteiger partial charge < -0.3 is 14.8 Å². The van der Waals surface area contributed by atoms with E-state index in [-0.39, 0.29) is 5.91 Å². The van der Waals surface area contributed by atoms with Gasteiger partial charge in [0, 0.05) is 5.56 Å². The van der Waals surface area contributed by atoms with Crippen LogP contribution in [0.2, 0.25) is 0 Å². The van der Waals surface area contributed by atoms with Crippen molar-refractivity contribution in [3.05, 3.63) is 64.9 Å². The standard InChI is InChI=1S/C20H20N2O3/c1-4-13-9-10-17(24-2)14(11-13)12-16-20(23)22-19(21-16)15-7-5-6-8-18(15)25-3/h5-12H,4H2,1-3H3,(H,21,22,23)/b16-12+. The number of carbonyl (C=O) groups excluding carboxylic acids is 1. The molecule has 0 aliphatic carbocycles. The van der Waals surface area contributed by atoms with Gasteiger partial charge in [-0.1, -0.05) is 25.1 Å². The van der Waals surface area contributed by atoms with Crippen LogP contribution in [0, 0.1) is 0 Å². The van der Waals surface area contributed by atoms with Gasteiger partial charge in [-0.2, -0.15) is 0 Å². The number of amidine groups is 1. The van der Waals surface area contributed by atoms with Gasteiger partial charge in [0.2, 0.25) is 0 Å². The summed E-state index contributed by atoms with van der Waals surface area (Å²) in [5.74, 6) is 1.61. The van der Waals surface area contributed by atoms with Gasteiger partial charge >= 0.3 is 0 Å². The molecule has 2 aromatic rings. The third-order valence-electron chi connectivity index (χ3n) is 4.05. The van der Waals surface area contributed by atoms with E-state index in [1.165, 1.54) is 5.56 Å². The maximum absolute atomic E-state index is 12.3. The molecule has 25 heavy (non-hydrogen) atoms. The van der Waals surface area contributed by atoms with Crippen molar-refractivity contribution in [2.24, 2.45) is 4.99 Å². The number of ether oxygens (including phenoxy) is 2. The number of methoxy groups -OCH3 is 2. The van der Waals surface area contributed by atoms with E-state index in [1.54, 1.807) is 20.3 Å². The number of carbonyl (C=O) groups is 1. The number of nitrogens with zero attached hydrogens (tertiary/aromatic N) is 1. The van der Waals surface area contributed by atoms with Crippen LogP contribution in [0.25, 0.3) is 6.08 Å². The third-order valence-corrected chi connectivity index (χ3v) is 4.05. The molecule has 5 nitrogen and oxygen atoms in total. The molecule has 0 radical (unpaired) electrons. The van der Waals surface area contributed by atoms with E-state index in [1.807, 2.05) is 42.5 Å². The second-order valence-corrected chi connectivity index (χ2v) is 5.57. The van der Waals surface area contributed by atoms with Crippen LogP contribution in [0.4, 0.5) is 0 Å². The van der Waals surface area contributed by atoms with Crippen molar-refractivity contribution in [1.82, 2.24) is 5.32 Å². The summed E-state index contributed by atoms with van der Waals surface area (Å²) in [4.78, 5) is 16.8. The maximum Gasteiger partial charge on any atom is 0.275 e. The number of hydrogen-bond donors (Lipinski definition) is 1. The summed E-state index contributed by atoms with van der Waals surface area (Å²) >= 11 is 0. The number of nitrogens with one attached hydrogen (secondary N) is 1. The molecule has 0 saturated carbocycles. The van der Waals surface area contributed by atoms with Gasteiger partial charge in [-0.15, -0.1) is 0 Å². The number of para-hydroxylation sites is 1. The largest absolute Gasteiger partial charge is 0.496 e. The fourth-order valence-corrected chi connectivity index (χ4v) is 2.70. The summed E-state index contributed by atoms with van der Waals surface area (Å²) in [7, 11) is 3.20. The van der Waals surface area contributed by atoms with Gasteiger partial charge in [0.15, 0.2) is 0 Å². The van der Waals surface area contributed by atoms with E-state index >= 15 is 0 Å². The van der Waals surface area contributed by atoms with Gasteiger partial charge in [0.1, 0.15) is 23.0 Å². The average Bonchev–Trinajstić information content (AvgIpc) is 3.02. The molecule has 1 N–H and O–H groups in total. The van der Waals surface area contributed by atoms with Crippen molar-refractivity contribution >= 4 is 17.8 Å². The summed E-state index contributed by atoms with van der Waals surface area (Å²) in [6.07, 6.45) is 2.65. The van der Waals surface area contributed by atoms with Crippen LogP contribution in [-0.2, 0) is 11.2 Å². The molecular formula is C20H20N2O3. The second kappa shape index (κ2) is 7.21.